The number of sulfonamides is 1. The molecule has 0 saturated carbocycles. The summed E-state index contributed by atoms with van der Waals surface area (Å²) in [4.78, 5) is 19.0. The van der Waals surface area contributed by atoms with Crippen molar-refractivity contribution in [2.45, 2.75) is 43.2 Å². The Kier molecular flexibility index (Phi) is 7.35. The Morgan fingerprint density at radius 1 is 1.15 bits per heavy atom. The Morgan fingerprint density at radius 3 is 2.58 bits per heavy atom. The van der Waals surface area contributed by atoms with E-state index in [1.807, 2.05) is 12.1 Å². The standard InChI is InChI=1S/C23H27F2N3O4S/c24-21-6-5-20(13-22(21)25)33(30,31)28-10-7-18(8-11-28)23(29)27(16-19-4-2-12-32-19)15-17-3-1-9-26-14-17/h1,3,5-6,9,13-14,18-19H,2,4,7-8,10-12,15-16H2. The van der Waals surface area contributed by atoms with Gasteiger partial charge in [0, 0.05) is 51.1 Å². The number of carbonyl (C=O) groups excluding carboxylic acids is 1. The third-order valence-corrected chi connectivity index (χ3v) is 8.08. The van der Waals surface area contributed by atoms with Crippen LogP contribution >= 0.6 is 0 Å². The molecule has 2 aromatic rings. The molecule has 178 valence electrons. The van der Waals surface area contributed by atoms with Gasteiger partial charge in [0.1, 0.15) is 0 Å². The van der Waals surface area contributed by atoms with E-state index in [2.05, 4.69) is 4.98 Å². The minimum Gasteiger partial charge on any atom is -0.376 e. The second-order valence-electron chi connectivity index (χ2n) is 8.47. The van der Waals surface area contributed by atoms with E-state index in [9.17, 15) is 22.0 Å². The molecule has 2 aliphatic heterocycles. The number of nitrogens with zero attached hydrogens (tertiary/aromatic N) is 3. The maximum atomic E-state index is 13.6. The van der Waals surface area contributed by atoms with Crippen molar-refractivity contribution in [3.8, 4) is 0 Å². The molecule has 0 aliphatic carbocycles. The number of hydrogen-bond acceptors (Lipinski definition) is 5. The lowest BCUT2D eigenvalue weighted by Gasteiger charge is -2.34. The first kappa shape index (κ1) is 23.7. The van der Waals surface area contributed by atoms with Gasteiger partial charge in [0.15, 0.2) is 11.6 Å². The highest BCUT2D eigenvalue weighted by molar-refractivity contribution is 7.89. The summed E-state index contributed by atoms with van der Waals surface area (Å²) in [6.45, 7) is 1.87. The Bertz CT molecular complexity index is 1070. The summed E-state index contributed by atoms with van der Waals surface area (Å²) in [6, 6.07) is 6.30. The number of aromatic nitrogens is 1. The number of carbonyl (C=O) groups is 1. The van der Waals surface area contributed by atoms with E-state index in [-0.39, 0.29) is 35.9 Å². The topological polar surface area (TPSA) is 79.8 Å². The molecule has 1 amide bonds. The third-order valence-electron chi connectivity index (χ3n) is 6.19. The number of halogens is 2. The first-order valence-electron chi connectivity index (χ1n) is 11.1. The molecule has 0 bridgehead atoms. The van der Waals surface area contributed by atoms with Gasteiger partial charge < -0.3 is 9.64 Å². The molecule has 33 heavy (non-hydrogen) atoms. The fraction of sp³-hybridized carbons (Fsp3) is 0.478. The second-order valence-corrected chi connectivity index (χ2v) is 10.4. The molecule has 1 unspecified atom stereocenters. The van der Waals surface area contributed by atoms with Crippen LogP contribution in [-0.2, 0) is 26.1 Å². The first-order chi connectivity index (χ1) is 15.8. The summed E-state index contributed by atoms with van der Waals surface area (Å²) in [5.74, 6) is -2.65. The fourth-order valence-corrected chi connectivity index (χ4v) is 5.85. The van der Waals surface area contributed by atoms with Gasteiger partial charge in [-0.3, -0.25) is 9.78 Å². The molecule has 2 fully saturated rings. The zero-order valence-electron chi connectivity index (χ0n) is 18.2. The minimum atomic E-state index is -3.96. The largest absolute Gasteiger partial charge is 0.376 e. The van der Waals surface area contributed by atoms with Crippen molar-refractivity contribution in [1.82, 2.24) is 14.2 Å². The smallest absolute Gasteiger partial charge is 0.243 e. The molecule has 1 aromatic heterocycles. The van der Waals surface area contributed by atoms with Gasteiger partial charge in [-0.25, -0.2) is 17.2 Å². The van der Waals surface area contributed by atoms with Crippen LogP contribution in [0.4, 0.5) is 8.78 Å². The van der Waals surface area contributed by atoms with Crippen molar-refractivity contribution in [2.24, 2.45) is 5.92 Å². The molecule has 7 nitrogen and oxygen atoms in total. The summed E-state index contributed by atoms with van der Waals surface area (Å²) >= 11 is 0. The Labute approximate surface area is 192 Å². The second kappa shape index (κ2) is 10.2. The van der Waals surface area contributed by atoms with Crippen molar-refractivity contribution in [3.63, 3.8) is 0 Å². The zero-order chi connectivity index (χ0) is 23.4. The van der Waals surface area contributed by atoms with Crippen LogP contribution in [0.15, 0.2) is 47.6 Å². The highest BCUT2D eigenvalue weighted by atomic mass is 32.2. The van der Waals surface area contributed by atoms with Crippen LogP contribution in [0.5, 0.6) is 0 Å². The molecular formula is C23H27F2N3O4S. The Morgan fingerprint density at radius 2 is 1.94 bits per heavy atom. The molecule has 0 spiro atoms. The van der Waals surface area contributed by atoms with Gasteiger partial charge in [0.05, 0.1) is 11.0 Å². The predicted molar refractivity (Wildman–Crippen MR) is 116 cm³/mol. The van der Waals surface area contributed by atoms with Crippen molar-refractivity contribution in [3.05, 3.63) is 59.9 Å². The van der Waals surface area contributed by atoms with Gasteiger partial charge in [-0.1, -0.05) is 6.07 Å². The van der Waals surface area contributed by atoms with Crippen LogP contribution in [0.2, 0.25) is 0 Å². The van der Waals surface area contributed by atoms with E-state index in [1.54, 1.807) is 17.3 Å². The molecule has 2 saturated heterocycles. The Hall–Kier alpha value is -2.43. The van der Waals surface area contributed by atoms with Gasteiger partial charge in [0.25, 0.3) is 0 Å². The number of piperidine rings is 1. The molecule has 2 aliphatic rings. The van der Waals surface area contributed by atoms with Crippen molar-refractivity contribution in [1.29, 1.82) is 0 Å². The SMILES string of the molecule is O=C(C1CCN(S(=O)(=O)c2ccc(F)c(F)c2)CC1)N(Cc1cccnc1)CC1CCCO1. The molecule has 3 heterocycles. The molecule has 10 heteroatoms. The van der Waals surface area contributed by atoms with Crippen molar-refractivity contribution in [2.75, 3.05) is 26.2 Å². The number of rotatable bonds is 7. The van der Waals surface area contributed by atoms with Gasteiger partial charge in [0.2, 0.25) is 15.9 Å². The summed E-state index contributed by atoms with van der Waals surface area (Å²) in [7, 11) is -3.96. The number of benzene rings is 1. The van der Waals surface area contributed by atoms with Gasteiger partial charge in [-0.2, -0.15) is 4.31 Å². The van der Waals surface area contributed by atoms with E-state index in [0.29, 0.717) is 38.6 Å². The van der Waals surface area contributed by atoms with Crippen LogP contribution in [0, 0.1) is 17.6 Å². The lowest BCUT2D eigenvalue weighted by atomic mass is 9.96. The quantitative estimate of drug-likeness (QED) is 0.610. The third kappa shape index (κ3) is 5.56. The van der Waals surface area contributed by atoms with Gasteiger partial charge in [-0.05, 0) is 55.5 Å². The van der Waals surface area contributed by atoms with Crippen molar-refractivity contribution < 1.29 is 26.7 Å². The fourth-order valence-electron chi connectivity index (χ4n) is 4.37. The number of ether oxygens (including phenoxy) is 1. The molecule has 0 radical (unpaired) electrons. The molecule has 1 atom stereocenters. The molecule has 1 aromatic carbocycles. The summed E-state index contributed by atoms with van der Waals surface area (Å²) in [5, 5.41) is 0. The maximum Gasteiger partial charge on any atom is 0.243 e. The lowest BCUT2D eigenvalue weighted by Crippen LogP contribution is -2.45. The maximum absolute atomic E-state index is 13.6. The average molecular weight is 480 g/mol. The van der Waals surface area contributed by atoms with Crippen molar-refractivity contribution >= 4 is 15.9 Å². The number of amides is 1. The monoisotopic (exact) mass is 479 g/mol. The van der Waals surface area contributed by atoms with E-state index < -0.39 is 21.7 Å². The van der Waals surface area contributed by atoms with E-state index in [0.717, 1.165) is 30.5 Å². The van der Waals surface area contributed by atoms with Gasteiger partial charge >= 0.3 is 0 Å². The highest BCUT2D eigenvalue weighted by Crippen LogP contribution is 2.27. The average Bonchev–Trinajstić information content (AvgIpc) is 3.34. The highest BCUT2D eigenvalue weighted by Gasteiger charge is 2.35. The predicted octanol–water partition coefficient (Wildman–Crippen LogP) is 2.97. The number of pyridine rings is 1. The van der Waals surface area contributed by atoms with Crippen LogP contribution in [0.1, 0.15) is 31.2 Å². The summed E-state index contributed by atoms with van der Waals surface area (Å²) in [6.07, 6.45) is 6.00. The van der Waals surface area contributed by atoms with E-state index in [4.69, 9.17) is 4.74 Å². The summed E-state index contributed by atoms with van der Waals surface area (Å²) < 4.78 is 59.4. The van der Waals surface area contributed by atoms with Gasteiger partial charge in [-0.15, -0.1) is 0 Å². The number of hydrogen-bond donors (Lipinski definition) is 0. The Balaban J connectivity index is 1.42. The lowest BCUT2D eigenvalue weighted by molar-refractivity contribution is -0.139. The van der Waals surface area contributed by atoms with Crippen LogP contribution in [-0.4, -0.2) is 60.9 Å². The minimum absolute atomic E-state index is 0.000499. The van der Waals surface area contributed by atoms with E-state index in [1.165, 1.54) is 4.31 Å². The van der Waals surface area contributed by atoms with Crippen LogP contribution in [0.3, 0.4) is 0 Å². The zero-order valence-corrected chi connectivity index (χ0v) is 19.0. The summed E-state index contributed by atoms with van der Waals surface area (Å²) in [5.41, 5.74) is 0.919. The van der Waals surface area contributed by atoms with Crippen LogP contribution < -0.4 is 0 Å². The van der Waals surface area contributed by atoms with E-state index >= 15 is 0 Å². The normalized spacial score (nSPS) is 20.1. The van der Waals surface area contributed by atoms with Crippen LogP contribution in [0.25, 0.3) is 0 Å². The first-order valence-corrected chi connectivity index (χ1v) is 12.5. The molecule has 4 rings (SSSR count). The molecular weight excluding hydrogens is 452 g/mol. The molecule has 0 N–H and O–H groups in total.